The van der Waals surface area contributed by atoms with E-state index in [1.165, 1.54) is 7.11 Å². The molecule has 1 aromatic rings. The Labute approximate surface area is 109 Å². The SMILES string of the molecule is CCC(O)CNC(=O)c1ccc(Br)cc1OC. The average molecular weight is 302 g/mol. The van der Waals surface area contributed by atoms with Crippen LogP contribution in [0, 0.1) is 0 Å². The summed E-state index contributed by atoms with van der Waals surface area (Å²) >= 11 is 3.31. The van der Waals surface area contributed by atoms with E-state index in [2.05, 4.69) is 21.2 Å². The maximum atomic E-state index is 11.8. The maximum Gasteiger partial charge on any atom is 0.255 e. The molecule has 0 fully saturated rings. The molecule has 2 N–H and O–H groups in total. The van der Waals surface area contributed by atoms with Gasteiger partial charge in [0.1, 0.15) is 5.75 Å². The number of aliphatic hydroxyl groups is 1. The molecule has 0 heterocycles. The van der Waals surface area contributed by atoms with Gasteiger partial charge in [-0.05, 0) is 24.6 Å². The zero-order valence-corrected chi connectivity index (χ0v) is 11.5. The number of methoxy groups -OCH3 is 1. The molecule has 0 saturated heterocycles. The molecular formula is C12H16BrNO3. The van der Waals surface area contributed by atoms with Gasteiger partial charge in [-0.25, -0.2) is 0 Å². The first-order valence-electron chi connectivity index (χ1n) is 5.38. The summed E-state index contributed by atoms with van der Waals surface area (Å²) in [6, 6.07) is 5.18. The van der Waals surface area contributed by atoms with Crippen molar-refractivity contribution in [1.82, 2.24) is 5.32 Å². The van der Waals surface area contributed by atoms with E-state index in [-0.39, 0.29) is 12.5 Å². The number of amides is 1. The summed E-state index contributed by atoms with van der Waals surface area (Å²) < 4.78 is 5.97. The summed E-state index contributed by atoms with van der Waals surface area (Å²) in [5.41, 5.74) is 0.457. The summed E-state index contributed by atoms with van der Waals surface area (Å²) in [5.74, 6) is 0.254. The van der Waals surface area contributed by atoms with Crippen LogP contribution in [-0.4, -0.2) is 30.8 Å². The molecule has 5 heteroatoms. The summed E-state index contributed by atoms with van der Waals surface area (Å²) in [7, 11) is 1.51. The molecule has 1 atom stereocenters. The summed E-state index contributed by atoms with van der Waals surface area (Å²) in [6.07, 6.45) is 0.0954. The Balaban J connectivity index is 2.75. The molecule has 0 aliphatic rings. The van der Waals surface area contributed by atoms with Crippen LogP contribution in [0.25, 0.3) is 0 Å². The Bertz CT molecular complexity index is 395. The molecule has 0 spiro atoms. The first-order chi connectivity index (χ1) is 8.08. The number of halogens is 1. The van der Waals surface area contributed by atoms with E-state index in [0.717, 1.165) is 4.47 Å². The van der Waals surface area contributed by atoms with Crippen molar-refractivity contribution >= 4 is 21.8 Å². The van der Waals surface area contributed by atoms with Crippen molar-refractivity contribution in [1.29, 1.82) is 0 Å². The van der Waals surface area contributed by atoms with E-state index < -0.39 is 6.10 Å². The van der Waals surface area contributed by atoms with E-state index in [4.69, 9.17) is 4.74 Å². The molecule has 0 saturated carbocycles. The lowest BCUT2D eigenvalue weighted by atomic mass is 10.2. The van der Waals surface area contributed by atoms with Gasteiger partial charge in [-0.1, -0.05) is 22.9 Å². The van der Waals surface area contributed by atoms with Gasteiger partial charge in [-0.3, -0.25) is 4.79 Å². The number of carbonyl (C=O) groups excluding carboxylic acids is 1. The van der Waals surface area contributed by atoms with Crippen LogP contribution in [0.4, 0.5) is 0 Å². The summed E-state index contributed by atoms with van der Waals surface area (Å²) in [6.45, 7) is 2.10. The number of ether oxygens (including phenoxy) is 1. The molecule has 0 aromatic heterocycles. The number of rotatable bonds is 5. The monoisotopic (exact) mass is 301 g/mol. The van der Waals surface area contributed by atoms with Crippen molar-refractivity contribution in [2.45, 2.75) is 19.4 Å². The van der Waals surface area contributed by atoms with Crippen molar-refractivity contribution in [3.63, 3.8) is 0 Å². The third-order valence-corrected chi connectivity index (χ3v) is 2.87. The van der Waals surface area contributed by atoms with Crippen LogP contribution in [0.15, 0.2) is 22.7 Å². The Morgan fingerprint density at radius 1 is 1.59 bits per heavy atom. The highest BCUT2D eigenvalue weighted by molar-refractivity contribution is 9.10. The number of benzene rings is 1. The fourth-order valence-corrected chi connectivity index (χ4v) is 1.64. The zero-order chi connectivity index (χ0) is 12.8. The second kappa shape index (κ2) is 6.61. The smallest absolute Gasteiger partial charge is 0.255 e. The largest absolute Gasteiger partial charge is 0.496 e. The Kier molecular flexibility index (Phi) is 5.44. The molecule has 1 aromatic carbocycles. The van der Waals surface area contributed by atoms with Gasteiger partial charge >= 0.3 is 0 Å². The molecule has 1 unspecified atom stereocenters. The van der Waals surface area contributed by atoms with E-state index in [0.29, 0.717) is 17.7 Å². The molecule has 0 aliphatic heterocycles. The molecule has 0 aliphatic carbocycles. The van der Waals surface area contributed by atoms with Crippen molar-refractivity contribution < 1.29 is 14.6 Å². The van der Waals surface area contributed by atoms with Crippen LogP contribution in [0.3, 0.4) is 0 Å². The average Bonchev–Trinajstić information content (AvgIpc) is 2.35. The van der Waals surface area contributed by atoms with E-state index in [9.17, 15) is 9.90 Å². The van der Waals surface area contributed by atoms with Gasteiger partial charge in [0, 0.05) is 11.0 Å². The maximum absolute atomic E-state index is 11.8. The molecule has 0 radical (unpaired) electrons. The van der Waals surface area contributed by atoms with Gasteiger partial charge in [0.2, 0.25) is 0 Å². The minimum atomic E-state index is -0.514. The molecule has 1 amide bonds. The topological polar surface area (TPSA) is 58.6 Å². The number of aliphatic hydroxyl groups excluding tert-OH is 1. The highest BCUT2D eigenvalue weighted by atomic mass is 79.9. The summed E-state index contributed by atoms with van der Waals surface area (Å²) in [5, 5.41) is 12.0. The number of hydrogen-bond acceptors (Lipinski definition) is 3. The number of hydrogen-bond donors (Lipinski definition) is 2. The Hall–Kier alpha value is -1.07. The quantitative estimate of drug-likeness (QED) is 0.874. The minimum Gasteiger partial charge on any atom is -0.496 e. The predicted octanol–water partition coefficient (Wildman–Crippen LogP) is 1.96. The summed E-state index contributed by atoms with van der Waals surface area (Å²) in [4.78, 5) is 11.8. The first kappa shape index (κ1) is 14.0. The van der Waals surface area contributed by atoms with Gasteiger partial charge in [0.05, 0.1) is 18.8 Å². The van der Waals surface area contributed by atoms with Crippen LogP contribution in [0.5, 0.6) is 5.75 Å². The van der Waals surface area contributed by atoms with Gasteiger partial charge < -0.3 is 15.2 Å². The predicted molar refractivity (Wildman–Crippen MR) is 69.3 cm³/mol. The van der Waals surface area contributed by atoms with Gasteiger partial charge in [-0.15, -0.1) is 0 Å². The van der Waals surface area contributed by atoms with Crippen molar-refractivity contribution in [2.75, 3.05) is 13.7 Å². The lowest BCUT2D eigenvalue weighted by molar-refractivity contribution is 0.0911. The highest BCUT2D eigenvalue weighted by Gasteiger charge is 2.13. The third kappa shape index (κ3) is 4.02. The fourth-order valence-electron chi connectivity index (χ4n) is 1.30. The molecule has 0 bridgehead atoms. The third-order valence-electron chi connectivity index (χ3n) is 2.38. The highest BCUT2D eigenvalue weighted by Crippen LogP contribution is 2.23. The number of nitrogens with one attached hydrogen (secondary N) is 1. The molecule has 17 heavy (non-hydrogen) atoms. The standard InChI is InChI=1S/C12H16BrNO3/c1-3-9(15)7-14-12(16)10-5-4-8(13)6-11(10)17-2/h4-6,9,15H,3,7H2,1-2H3,(H,14,16). The Morgan fingerprint density at radius 3 is 2.88 bits per heavy atom. The molecule has 94 valence electrons. The lowest BCUT2D eigenvalue weighted by Gasteiger charge is -2.12. The molecular weight excluding hydrogens is 286 g/mol. The fraction of sp³-hybridized carbons (Fsp3) is 0.417. The van der Waals surface area contributed by atoms with Crippen LogP contribution in [0.1, 0.15) is 23.7 Å². The lowest BCUT2D eigenvalue weighted by Crippen LogP contribution is -2.31. The number of carbonyl (C=O) groups is 1. The van der Waals surface area contributed by atoms with Gasteiger partial charge in [0.15, 0.2) is 0 Å². The second-order valence-electron chi connectivity index (χ2n) is 3.62. The first-order valence-corrected chi connectivity index (χ1v) is 6.17. The van der Waals surface area contributed by atoms with E-state index >= 15 is 0 Å². The van der Waals surface area contributed by atoms with Crippen LogP contribution in [-0.2, 0) is 0 Å². The van der Waals surface area contributed by atoms with Crippen LogP contribution >= 0.6 is 15.9 Å². The normalized spacial score (nSPS) is 12.0. The van der Waals surface area contributed by atoms with E-state index in [1.54, 1.807) is 18.2 Å². The Morgan fingerprint density at radius 2 is 2.29 bits per heavy atom. The van der Waals surface area contributed by atoms with Crippen molar-refractivity contribution in [3.8, 4) is 5.75 Å². The van der Waals surface area contributed by atoms with E-state index in [1.807, 2.05) is 6.92 Å². The van der Waals surface area contributed by atoms with Crippen molar-refractivity contribution in [3.05, 3.63) is 28.2 Å². The zero-order valence-electron chi connectivity index (χ0n) is 9.87. The van der Waals surface area contributed by atoms with Crippen LogP contribution in [0.2, 0.25) is 0 Å². The van der Waals surface area contributed by atoms with Crippen molar-refractivity contribution in [2.24, 2.45) is 0 Å². The molecule has 1 rings (SSSR count). The second-order valence-corrected chi connectivity index (χ2v) is 4.53. The van der Waals surface area contributed by atoms with Crippen LogP contribution < -0.4 is 10.1 Å². The van der Waals surface area contributed by atoms with Gasteiger partial charge in [0.25, 0.3) is 5.91 Å². The minimum absolute atomic E-state index is 0.245. The molecule has 4 nitrogen and oxygen atoms in total. The van der Waals surface area contributed by atoms with Gasteiger partial charge in [-0.2, -0.15) is 0 Å².